The van der Waals surface area contributed by atoms with Gasteiger partial charge in [-0.3, -0.25) is 14.4 Å². The number of methoxy groups -OCH3 is 1. The van der Waals surface area contributed by atoms with Crippen molar-refractivity contribution in [1.82, 2.24) is 10.6 Å². The number of amides is 2. The summed E-state index contributed by atoms with van der Waals surface area (Å²) in [5, 5.41) is 13.8. The molecule has 0 radical (unpaired) electrons. The Hall–Kier alpha value is -2.57. The highest BCUT2D eigenvalue weighted by atomic mass is 16.5. The average Bonchev–Trinajstić information content (AvgIpc) is 2.51. The van der Waals surface area contributed by atoms with Crippen molar-refractivity contribution in [2.24, 2.45) is 5.92 Å². The summed E-state index contributed by atoms with van der Waals surface area (Å²) in [7, 11) is 1.53. The minimum absolute atomic E-state index is 0.0236. The largest absolute Gasteiger partial charge is 0.497 e. The number of hydrogen-bond donors (Lipinski definition) is 3. The van der Waals surface area contributed by atoms with Crippen LogP contribution in [0.25, 0.3) is 0 Å². The molecule has 0 aromatic heterocycles. The molecule has 0 fully saturated rings. The van der Waals surface area contributed by atoms with Gasteiger partial charge in [0.05, 0.1) is 13.5 Å². The molecule has 1 rings (SSSR count). The summed E-state index contributed by atoms with van der Waals surface area (Å²) in [4.78, 5) is 34.8. The topological polar surface area (TPSA) is 105 Å². The Kier molecular flexibility index (Phi) is 7.05. The molecule has 0 saturated carbocycles. The maximum Gasteiger partial charge on any atom is 0.305 e. The van der Waals surface area contributed by atoms with E-state index in [0.717, 1.165) is 0 Å². The Morgan fingerprint density at radius 3 is 2.26 bits per heavy atom. The van der Waals surface area contributed by atoms with Gasteiger partial charge in [-0.15, -0.1) is 0 Å². The first-order chi connectivity index (χ1) is 10.8. The van der Waals surface area contributed by atoms with Gasteiger partial charge in [0.2, 0.25) is 5.91 Å². The number of ether oxygens (including phenoxy) is 1. The molecule has 0 heterocycles. The van der Waals surface area contributed by atoms with E-state index in [0.29, 0.717) is 11.3 Å². The monoisotopic (exact) mass is 322 g/mol. The molecule has 0 aliphatic carbocycles. The standard InChI is InChI=1S/C16H22N2O5/c1-10(2)14(16(22)17-9-8-13(19)20)18-15(21)11-4-6-12(23-3)7-5-11/h4-7,10,14H,8-9H2,1-3H3,(H,17,22)(H,18,21)(H,19,20). The lowest BCUT2D eigenvalue weighted by Crippen LogP contribution is -2.50. The number of carboxylic acid groups (broad SMARTS) is 1. The van der Waals surface area contributed by atoms with Gasteiger partial charge in [-0.1, -0.05) is 13.8 Å². The van der Waals surface area contributed by atoms with Gasteiger partial charge in [-0.2, -0.15) is 0 Å². The highest BCUT2D eigenvalue weighted by Crippen LogP contribution is 2.12. The fourth-order valence-corrected chi connectivity index (χ4v) is 1.90. The van der Waals surface area contributed by atoms with E-state index in [4.69, 9.17) is 9.84 Å². The zero-order valence-corrected chi connectivity index (χ0v) is 13.5. The molecule has 1 atom stereocenters. The van der Waals surface area contributed by atoms with E-state index in [-0.39, 0.29) is 24.8 Å². The van der Waals surface area contributed by atoms with Crippen molar-refractivity contribution < 1.29 is 24.2 Å². The Morgan fingerprint density at radius 2 is 1.78 bits per heavy atom. The van der Waals surface area contributed by atoms with Crippen molar-refractivity contribution in [2.75, 3.05) is 13.7 Å². The average molecular weight is 322 g/mol. The molecule has 0 bridgehead atoms. The summed E-state index contributed by atoms with van der Waals surface area (Å²) in [6.45, 7) is 3.63. The number of hydrogen-bond acceptors (Lipinski definition) is 4. The van der Waals surface area contributed by atoms with Crippen LogP contribution in [0.2, 0.25) is 0 Å². The van der Waals surface area contributed by atoms with Crippen LogP contribution in [0.3, 0.4) is 0 Å². The molecule has 0 aliphatic rings. The molecule has 23 heavy (non-hydrogen) atoms. The van der Waals surface area contributed by atoms with Crippen molar-refractivity contribution in [3.8, 4) is 5.75 Å². The van der Waals surface area contributed by atoms with Crippen LogP contribution < -0.4 is 15.4 Å². The molecule has 126 valence electrons. The Bertz CT molecular complexity index is 554. The van der Waals surface area contributed by atoms with Gasteiger partial charge in [0.1, 0.15) is 11.8 Å². The molecule has 1 aromatic carbocycles. The maximum atomic E-state index is 12.2. The lowest BCUT2D eigenvalue weighted by molar-refractivity contribution is -0.137. The fourth-order valence-electron chi connectivity index (χ4n) is 1.90. The Labute approximate surface area is 135 Å². The van der Waals surface area contributed by atoms with Crippen molar-refractivity contribution in [2.45, 2.75) is 26.3 Å². The van der Waals surface area contributed by atoms with Crippen LogP contribution in [0, 0.1) is 5.92 Å². The van der Waals surface area contributed by atoms with Crippen molar-refractivity contribution in [3.05, 3.63) is 29.8 Å². The first-order valence-electron chi connectivity index (χ1n) is 7.29. The number of aliphatic carboxylic acids is 1. The third kappa shape index (κ3) is 5.98. The highest BCUT2D eigenvalue weighted by molar-refractivity contribution is 5.97. The molecule has 0 aliphatic heterocycles. The van der Waals surface area contributed by atoms with Gasteiger partial charge in [0, 0.05) is 12.1 Å². The molecule has 0 spiro atoms. The molecule has 1 aromatic rings. The summed E-state index contributed by atoms with van der Waals surface area (Å²) in [5.74, 6) is -1.27. The van der Waals surface area contributed by atoms with E-state index in [2.05, 4.69) is 10.6 Å². The minimum Gasteiger partial charge on any atom is -0.497 e. The lowest BCUT2D eigenvalue weighted by atomic mass is 10.0. The van der Waals surface area contributed by atoms with Crippen LogP contribution in [0.15, 0.2) is 24.3 Å². The second-order valence-electron chi connectivity index (χ2n) is 5.36. The zero-order chi connectivity index (χ0) is 17.4. The van der Waals surface area contributed by atoms with E-state index >= 15 is 0 Å². The first kappa shape index (κ1) is 18.5. The zero-order valence-electron chi connectivity index (χ0n) is 13.5. The van der Waals surface area contributed by atoms with E-state index < -0.39 is 17.9 Å². The molecule has 1 unspecified atom stereocenters. The molecular formula is C16H22N2O5. The SMILES string of the molecule is COc1ccc(C(=O)NC(C(=O)NCCC(=O)O)C(C)C)cc1. The molecule has 7 heteroatoms. The van der Waals surface area contributed by atoms with Gasteiger partial charge >= 0.3 is 5.97 Å². The Morgan fingerprint density at radius 1 is 1.17 bits per heavy atom. The summed E-state index contributed by atoms with van der Waals surface area (Å²) < 4.78 is 5.03. The first-order valence-corrected chi connectivity index (χ1v) is 7.29. The van der Waals surface area contributed by atoms with Crippen LogP contribution in [-0.2, 0) is 9.59 Å². The summed E-state index contributed by atoms with van der Waals surface area (Å²) in [6.07, 6.45) is -0.164. The van der Waals surface area contributed by atoms with Gasteiger partial charge in [0.25, 0.3) is 5.91 Å². The van der Waals surface area contributed by atoms with Crippen LogP contribution in [0.5, 0.6) is 5.75 Å². The predicted octanol–water partition coefficient (Wildman–Crippen LogP) is 1.04. The fraction of sp³-hybridized carbons (Fsp3) is 0.438. The molecule has 2 amide bonds. The van der Waals surface area contributed by atoms with Crippen LogP contribution >= 0.6 is 0 Å². The van der Waals surface area contributed by atoms with E-state index in [1.165, 1.54) is 7.11 Å². The van der Waals surface area contributed by atoms with Crippen LogP contribution in [0.4, 0.5) is 0 Å². The van der Waals surface area contributed by atoms with Crippen molar-refractivity contribution >= 4 is 17.8 Å². The molecule has 7 nitrogen and oxygen atoms in total. The smallest absolute Gasteiger partial charge is 0.305 e. The summed E-state index contributed by atoms with van der Waals surface area (Å²) in [5.41, 5.74) is 0.412. The van der Waals surface area contributed by atoms with Crippen molar-refractivity contribution in [1.29, 1.82) is 0 Å². The summed E-state index contributed by atoms with van der Waals surface area (Å²) in [6, 6.07) is 5.79. The number of carbonyl (C=O) groups excluding carboxylic acids is 2. The van der Waals surface area contributed by atoms with E-state index in [1.54, 1.807) is 38.1 Å². The van der Waals surface area contributed by atoms with Crippen LogP contribution in [-0.4, -0.2) is 42.6 Å². The molecular weight excluding hydrogens is 300 g/mol. The lowest BCUT2D eigenvalue weighted by Gasteiger charge is -2.21. The third-order valence-electron chi connectivity index (χ3n) is 3.23. The molecule has 0 saturated heterocycles. The van der Waals surface area contributed by atoms with Crippen molar-refractivity contribution in [3.63, 3.8) is 0 Å². The highest BCUT2D eigenvalue weighted by Gasteiger charge is 2.24. The number of carboxylic acids is 1. The number of rotatable bonds is 8. The van der Waals surface area contributed by atoms with Gasteiger partial charge in [-0.05, 0) is 30.2 Å². The van der Waals surface area contributed by atoms with E-state index in [1.807, 2.05) is 0 Å². The normalized spacial score (nSPS) is 11.7. The summed E-state index contributed by atoms with van der Waals surface area (Å²) >= 11 is 0. The third-order valence-corrected chi connectivity index (χ3v) is 3.23. The maximum absolute atomic E-state index is 12.2. The second-order valence-corrected chi connectivity index (χ2v) is 5.36. The van der Waals surface area contributed by atoms with Gasteiger partial charge in [-0.25, -0.2) is 0 Å². The Balaban J connectivity index is 2.68. The van der Waals surface area contributed by atoms with Gasteiger partial charge < -0.3 is 20.5 Å². The number of benzene rings is 1. The van der Waals surface area contributed by atoms with E-state index in [9.17, 15) is 14.4 Å². The quantitative estimate of drug-likeness (QED) is 0.663. The minimum atomic E-state index is -0.992. The van der Waals surface area contributed by atoms with Crippen LogP contribution in [0.1, 0.15) is 30.6 Å². The number of nitrogens with one attached hydrogen (secondary N) is 2. The predicted molar refractivity (Wildman–Crippen MR) is 84.3 cm³/mol. The number of carbonyl (C=O) groups is 3. The second kappa shape index (κ2) is 8.77. The van der Waals surface area contributed by atoms with Gasteiger partial charge in [0.15, 0.2) is 0 Å². The molecule has 3 N–H and O–H groups in total.